The topological polar surface area (TPSA) is 40.5 Å². The molecule has 2 aromatic rings. The Morgan fingerprint density at radius 1 is 1.00 bits per heavy atom. The Morgan fingerprint density at radius 3 is 2.21 bits per heavy atom. The highest BCUT2D eigenvalue weighted by atomic mass is 35.5. The normalized spacial score (nSPS) is 19.2. The highest BCUT2D eigenvalue weighted by molar-refractivity contribution is 6.42. The number of alkyl halides is 3. The average Bonchev–Trinajstić information content (AvgIpc) is 2.65. The number of nitrogens with zero attached hydrogens (tertiary/aromatic N) is 1. The lowest BCUT2D eigenvalue weighted by Gasteiger charge is -2.40. The van der Waals surface area contributed by atoms with E-state index in [1.807, 2.05) is 0 Å². The van der Waals surface area contributed by atoms with Crippen molar-refractivity contribution in [1.29, 1.82) is 0 Å². The molecule has 156 valence electrons. The molecule has 1 saturated heterocycles. The van der Waals surface area contributed by atoms with Crippen molar-refractivity contribution in [3.05, 3.63) is 68.2 Å². The molecule has 1 aliphatic rings. The molecule has 2 aromatic carbocycles. The minimum absolute atomic E-state index is 0.239. The van der Waals surface area contributed by atoms with Crippen LogP contribution in [0.4, 0.5) is 13.2 Å². The van der Waals surface area contributed by atoms with Crippen molar-refractivity contribution in [2.75, 3.05) is 6.54 Å². The summed E-state index contributed by atoms with van der Waals surface area (Å²) < 4.78 is 40.3. The molecule has 9 heteroatoms. The zero-order chi connectivity index (χ0) is 21.3. The second-order valence-electron chi connectivity index (χ2n) is 6.90. The minimum atomic E-state index is -4.64. The summed E-state index contributed by atoms with van der Waals surface area (Å²) in [6.07, 6.45) is -2.76. The summed E-state index contributed by atoms with van der Waals surface area (Å²) in [7, 11) is 0. The lowest BCUT2D eigenvalue weighted by molar-refractivity contribution is -0.145. The number of carboxylic acids is 1. The summed E-state index contributed by atoms with van der Waals surface area (Å²) in [4.78, 5) is 13.5. The lowest BCUT2D eigenvalue weighted by atomic mass is 9.91. The van der Waals surface area contributed by atoms with Crippen LogP contribution in [-0.2, 0) is 11.0 Å². The van der Waals surface area contributed by atoms with E-state index in [0.29, 0.717) is 23.6 Å². The molecule has 0 saturated carbocycles. The average molecular weight is 467 g/mol. The van der Waals surface area contributed by atoms with Gasteiger partial charge in [-0.2, -0.15) is 13.2 Å². The molecular weight excluding hydrogens is 450 g/mol. The van der Waals surface area contributed by atoms with Crippen LogP contribution >= 0.6 is 34.8 Å². The molecule has 0 radical (unpaired) electrons. The molecule has 3 nitrogen and oxygen atoms in total. The van der Waals surface area contributed by atoms with Gasteiger partial charge in [0.05, 0.1) is 26.7 Å². The van der Waals surface area contributed by atoms with Gasteiger partial charge in [0, 0.05) is 0 Å². The van der Waals surface area contributed by atoms with E-state index in [4.69, 9.17) is 34.8 Å². The third-order valence-electron chi connectivity index (χ3n) is 5.03. The number of carbonyl (C=O) groups is 1. The SMILES string of the molecule is O=C(O)C1CCCCN1C(c1ccc(Cl)c(Cl)c1)c1ccc(Cl)c(C(F)(F)F)c1. The van der Waals surface area contributed by atoms with Gasteiger partial charge in [0.1, 0.15) is 6.04 Å². The van der Waals surface area contributed by atoms with Crippen LogP contribution < -0.4 is 0 Å². The maximum Gasteiger partial charge on any atom is 0.417 e. The van der Waals surface area contributed by atoms with E-state index < -0.39 is 34.8 Å². The van der Waals surface area contributed by atoms with E-state index in [-0.39, 0.29) is 10.6 Å². The molecule has 0 spiro atoms. The van der Waals surface area contributed by atoms with Crippen molar-refractivity contribution in [2.45, 2.75) is 37.5 Å². The van der Waals surface area contributed by atoms with Crippen LogP contribution in [0.3, 0.4) is 0 Å². The van der Waals surface area contributed by atoms with Crippen LogP contribution in [0.5, 0.6) is 0 Å². The molecule has 2 unspecified atom stereocenters. The number of aliphatic carboxylic acids is 1. The third-order valence-corrected chi connectivity index (χ3v) is 6.10. The predicted octanol–water partition coefficient (Wildman–Crippen LogP) is 6.69. The van der Waals surface area contributed by atoms with Crippen molar-refractivity contribution in [1.82, 2.24) is 4.90 Å². The molecular formula is C20H17Cl3F3NO2. The zero-order valence-corrected chi connectivity index (χ0v) is 17.3. The van der Waals surface area contributed by atoms with Gasteiger partial charge in [0.15, 0.2) is 0 Å². The van der Waals surface area contributed by atoms with E-state index in [1.54, 1.807) is 23.1 Å². The fourth-order valence-corrected chi connectivity index (χ4v) is 4.25. The maximum atomic E-state index is 13.4. The Morgan fingerprint density at radius 2 is 1.62 bits per heavy atom. The zero-order valence-electron chi connectivity index (χ0n) is 15.0. The number of carboxylic acid groups (broad SMARTS) is 1. The first kappa shape index (κ1) is 22.2. The molecule has 29 heavy (non-hydrogen) atoms. The smallest absolute Gasteiger partial charge is 0.417 e. The van der Waals surface area contributed by atoms with Crippen molar-refractivity contribution >= 4 is 40.8 Å². The second-order valence-corrected chi connectivity index (χ2v) is 8.12. The molecule has 1 heterocycles. The Bertz CT molecular complexity index is 920. The van der Waals surface area contributed by atoms with E-state index >= 15 is 0 Å². The Labute approximate surface area is 181 Å². The monoisotopic (exact) mass is 465 g/mol. The maximum absolute atomic E-state index is 13.4. The summed E-state index contributed by atoms with van der Waals surface area (Å²) in [6, 6.07) is 6.83. The number of hydrogen-bond donors (Lipinski definition) is 1. The van der Waals surface area contributed by atoms with Crippen LogP contribution in [0.2, 0.25) is 15.1 Å². The first-order chi connectivity index (χ1) is 13.6. The summed E-state index contributed by atoms with van der Waals surface area (Å²) in [5.41, 5.74) is -0.123. The standard InChI is InChI=1S/C20H17Cl3F3NO2/c21-14-6-4-11(9-13(14)20(24,25)26)18(12-5-7-15(22)16(23)10-12)27-8-2-1-3-17(27)19(28)29/h4-7,9-10,17-18H,1-3,8H2,(H,28,29). The largest absolute Gasteiger partial charge is 0.480 e. The molecule has 1 aliphatic heterocycles. The predicted molar refractivity (Wildman–Crippen MR) is 107 cm³/mol. The van der Waals surface area contributed by atoms with E-state index in [2.05, 4.69) is 0 Å². The fourth-order valence-electron chi connectivity index (χ4n) is 3.72. The Hall–Kier alpha value is -1.47. The quantitative estimate of drug-likeness (QED) is 0.545. The van der Waals surface area contributed by atoms with Crippen LogP contribution in [0, 0.1) is 0 Å². The van der Waals surface area contributed by atoms with Gasteiger partial charge in [-0.1, -0.05) is 53.4 Å². The number of halogens is 6. The van der Waals surface area contributed by atoms with E-state index in [9.17, 15) is 23.1 Å². The van der Waals surface area contributed by atoms with Gasteiger partial charge in [-0.15, -0.1) is 0 Å². The molecule has 0 amide bonds. The molecule has 0 aliphatic carbocycles. The fraction of sp³-hybridized carbons (Fsp3) is 0.350. The summed E-state index contributed by atoms with van der Waals surface area (Å²) >= 11 is 17.9. The van der Waals surface area contributed by atoms with Crippen molar-refractivity contribution in [3.63, 3.8) is 0 Å². The van der Waals surface area contributed by atoms with Crippen molar-refractivity contribution < 1.29 is 23.1 Å². The van der Waals surface area contributed by atoms with E-state index in [0.717, 1.165) is 18.9 Å². The van der Waals surface area contributed by atoms with Gasteiger partial charge in [0.25, 0.3) is 0 Å². The number of rotatable bonds is 4. The molecule has 0 bridgehead atoms. The highest BCUT2D eigenvalue weighted by Crippen LogP contribution is 2.41. The van der Waals surface area contributed by atoms with Gasteiger partial charge >= 0.3 is 12.1 Å². The summed E-state index contributed by atoms with van der Waals surface area (Å²) in [5, 5.41) is 9.81. The number of likely N-dealkylation sites (tertiary alicyclic amines) is 1. The molecule has 2 atom stereocenters. The Kier molecular flexibility index (Phi) is 6.68. The molecule has 0 aromatic heterocycles. The van der Waals surface area contributed by atoms with Crippen LogP contribution in [0.1, 0.15) is 42.0 Å². The first-order valence-corrected chi connectivity index (χ1v) is 10.0. The number of piperidine rings is 1. The van der Waals surface area contributed by atoms with Crippen molar-refractivity contribution in [2.24, 2.45) is 0 Å². The molecule has 3 rings (SSSR count). The van der Waals surface area contributed by atoms with Gasteiger partial charge < -0.3 is 5.11 Å². The molecule has 1 N–H and O–H groups in total. The Balaban J connectivity index is 2.18. The van der Waals surface area contributed by atoms with E-state index in [1.165, 1.54) is 12.1 Å². The van der Waals surface area contributed by atoms with Gasteiger partial charge in [-0.25, -0.2) is 0 Å². The molecule has 1 fully saturated rings. The van der Waals surface area contributed by atoms with Crippen molar-refractivity contribution in [3.8, 4) is 0 Å². The lowest BCUT2D eigenvalue weighted by Crippen LogP contribution is -2.46. The number of benzene rings is 2. The van der Waals surface area contributed by atoms with Gasteiger partial charge in [0.2, 0.25) is 0 Å². The summed E-state index contributed by atoms with van der Waals surface area (Å²) in [6.45, 7) is 0.422. The first-order valence-electron chi connectivity index (χ1n) is 8.89. The number of hydrogen-bond acceptors (Lipinski definition) is 2. The third kappa shape index (κ3) is 4.82. The summed E-state index contributed by atoms with van der Waals surface area (Å²) in [5.74, 6) is -1.01. The minimum Gasteiger partial charge on any atom is -0.480 e. The van der Waals surface area contributed by atoms with Crippen LogP contribution in [0.15, 0.2) is 36.4 Å². The van der Waals surface area contributed by atoms with Crippen LogP contribution in [-0.4, -0.2) is 28.6 Å². The highest BCUT2D eigenvalue weighted by Gasteiger charge is 2.38. The van der Waals surface area contributed by atoms with Gasteiger partial charge in [-0.05, 0) is 54.8 Å². The van der Waals surface area contributed by atoms with Crippen LogP contribution in [0.25, 0.3) is 0 Å². The van der Waals surface area contributed by atoms with Gasteiger partial charge in [-0.3, -0.25) is 9.69 Å². The second kappa shape index (κ2) is 8.72.